The van der Waals surface area contributed by atoms with Crippen LogP contribution in [0.3, 0.4) is 0 Å². The van der Waals surface area contributed by atoms with Gasteiger partial charge in [0, 0.05) is 6.42 Å². The van der Waals surface area contributed by atoms with E-state index in [-0.39, 0.29) is 24.9 Å². The fourth-order valence-corrected chi connectivity index (χ4v) is 7.80. The first-order valence-corrected chi connectivity index (χ1v) is 26.9. The van der Waals surface area contributed by atoms with E-state index >= 15 is 0 Å². The normalized spacial score (nSPS) is 13.9. The van der Waals surface area contributed by atoms with Gasteiger partial charge in [0.05, 0.1) is 25.2 Å². The number of hydrogen-bond acceptors (Lipinski definition) is 5. The molecule has 0 radical (unpaired) electrons. The molecular weight excluding hydrogens is 791 g/mol. The molecule has 0 fully saturated rings. The quantitative estimate of drug-likeness (QED) is 0.0321. The van der Waals surface area contributed by atoms with Gasteiger partial charge in [-0.1, -0.05) is 254 Å². The molecule has 0 bridgehead atoms. The average molecular weight is 892 g/mol. The van der Waals surface area contributed by atoms with Gasteiger partial charge in [0.2, 0.25) is 5.91 Å². The van der Waals surface area contributed by atoms with E-state index < -0.39 is 18.2 Å². The van der Waals surface area contributed by atoms with Crippen LogP contribution in [0.25, 0.3) is 0 Å². The van der Waals surface area contributed by atoms with E-state index in [2.05, 4.69) is 62.5 Å². The summed E-state index contributed by atoms with van der Waals surface area (Å²) in [4.78, 5) is 26.2. The third-order valence-electron chi connectivity index (χ3n) is 11.9. The second-order valence-electron chi connectivity index (χ2n) is 18.0. The minimum absolute atomic E-state index is 0.0204. The molecule has 0 saturated heterocycles. The molecule has 0 spiro atoms. The Morgan fingerprint density at radius 1 is 0.469 bits per heavy atom. The number of rotatable bonds is 47. The lowest BCUT2D eigenvalue weighted by molar-refractivity contribution is -0.151. The van der Waals surface area contributed by atoms with Crippen LogP contribution in [0, 0.1) is 0 Å². The van der Waals surface area contributed by atoms with Crippen molar-refractivity contribution in [2.24, 2.45) is 0 Å². The molecule has 0 aromatic heterocycles. The monoisotopic (exact) mass is 892 g/mol. The summed E-state index contributed by atoms with van der Waals surface area (Å²) in [6, 6.07) is -0.731. The zero-order valence-corrected chi connectivity index (χ0v) is 41.9. The lowest BCUT2D eigenvalue weighted by Gasteiger charge is -2.24. The molecule has 0 aliphatic carbocycles. The van der Waals surface area contributed by atoms with E-state index in [0.29, 0.717) is 19.3 Å². The molecule has 0 aromatic rings. The number of aliphatic hydroxyl groups excluding tert-OH is 2. The van der Waals surface area contributed by atoms with Gasteiger partial charge in [0.1, 0.15) is 6.10 Å². The third kappa shape index (κ3) is 45.6. The average Bonchev–Trinajstić information content (AvgIpc) is 3.29. The third-order valence-corrected chi connectivity index (χ3v) is 11.9. The van der Waals surface area contributed by atoms with Crippen molar-refractivity contribution in [3.8, 4) is 0 Å². The van der Waals surface area contributed by atoms with Gasteiger partial charge in [0.25, 0.3) is 0 Å². The van der Waals surface area contributed by atoms with Crippen molar-refractivity contribution in [1.29, 1.82) is 0 Å². The summed E-state index contributed by atoms with van der Waals surface area (Å²) < 4.78 is 5.89. The van der Waals surface area contributed by atoms with Crippen LogP contribution in [0.2, 0.25) is 0 Å². The fourth-order valence-electron chi connectivity index (χ4n) is 7.80. The number of allylic oxidation sites excluding steroid dienone is 14. The van der Waals surface area contributed by atoms with Crippen LogP contribution in [0.5, 0.6) is 0 Å². The molecule has 1 amide bonds. The van der Waals surface area contributed by atoms with Gasteiger partial charge >= 0.3 is 5.97 Å². The van der Waals surface area contributed by atoms with Crippen molar-refractivity contribution in [3.63, 3.8) is 0 Å². The molecule has 0 aliphatic rings. The highest BCUT2D eigenvalue weighted by Crippen LogP contribution is 2.17. The summed E-state index contributed by atoms with van der Waals surface area (Å²) in [7, 11) is 0. The number of hydrogen-bond donors (Lipinski definition) is 3. The number of nitrogens with one attached hydrogen (secondary N) is 1. The van der Waals surface area contributed by atoms with Crippen molar-refractivity contribution in [3.05, 3.63) is 85.1 Å². The lowest BCUT2D eigenvalue weighted by atomic mass is 10.0. The Kier molecular flexibility index (Phi) is 48.7. The van der Waals surface area contributed by atoms with E-state index in [1.807, 2.05) is 48.6 Å². The molecule has 6 heteroatoms. The van der Waals surface area contributed by atoms with Crippen molar-refractivity contribution >= 4 is 11.9 Å². The largest absolute Gasteiger partial charge is 0.462 e. The van der Waals surface area contributed by atoms with E-state index in [4.69, 9.17) is 4.74 Å². The highest BCUT2D eigenvalue weighted by molar-refractivity contribution is 5.77. The van der Waals surface area contributed by atoms with E-state index in [1.165, 1.54) is 135 Å². The molecule has 0 rings (SSSR count). The Morgan fingerprint density at radius 2 is 0.859 bits per heavy atom. The maximum absolute atomic E-state index is 13.2. The summed E-state index contributed by atoms with van der Waals surface area (Å²) >= 11 is 0. The topological polar surface area (TPSA) is 95.9 Å². The molecule has 3 N–H and O–H groups in total. The van der Waals surface area contributed by atoms with Gasteiger partial charge in [0.15, 0.2) is 0 Å². The predicted molar refractivity (Wildman–Crippen MR) is 278 cm³/mol. The Balaban J connectivity index is 4.63. The fraction of sp³-hybridized carbons (Fsp3) is 0.724. The van der Waals surface area contributed by atoms with Crippen LogP contribution < -0.4 is 5.32 Å². The van der Waals surface area contributed by atoms with Gasteiger partial charge in [-0.05, 0) is 64.2 Å². The van der Waals surface area contributed by atoms with E-state index in [1.54, 1.807) is 0 Å². The molecule has 0 aromatic carbocycles. The Morgan fingerprint density at radius 3 is 1.36 bits per heavy atom. The SMILES string of the molecule is CC/C=C/C=C/C=C\C=C/C=C/CCCC(CC(=O)NC(CO)C(O)CCCCCCCCCCCCCCCCCCC)OC(=O)CCCCCCCC/C=C/C=C/CCCCC. The van der Waals surface area contributed by atoms with Crippen molar-refractivity contribution in [2.75, 3.05) is 6.61 Å². The number of esters is 1. The van der Waals surface area contributed by atoms with E-state index in [9.17, 15) is 19.8 Å². The molecule has 3 atom stereocenters. The lowest BCUT2D eigenvalue weighted by Crippen LogP contribution is -2.46. The predicted octanol–water partition coefficient (Wildman–Crippen LogP) is 16.3. The first kappa shape index (κ1) is 61.0. The maximum Gasteiger partial charge on any atom is 0.306 e. The molecule has 6 nitrogen and oxygen atoms in total. The smallest absolute Gasteiger partial charge is 0.306 e. The van der Waals surface area contributed by atoms with Crippen molar-refractivity contribution in [1.82, 2.24) is 5.32 Å². The van der Waals surface area contributed by atoms with Crippen LogP contribution in [0.15, 0.2) is 85.1 Å². The first-order chi connectivity index (χ1) is 31.5. The maximum atomic E-state index is 13.2. The van der Waals surface area contributed by atoms with Crippen LogP contribution in [-0.2, 0) is 14.3 Å². The van der Waals surface area contributed by atoms with Crippen molar-refractivity contribution in [2.45, 2.75) is 264 Å². The van der Waals surface area contributed by atoms with Crippen LogP contribution in [-0.4, -0.2) is 46.9 Å². The molecule has 64 heavy (non-hydrogen) atoms. The zero-order chi connectivity index (χ0) is 46.7. The van der Waals surface area contributed by atoms with Crippen LogP contribution >= 0.6 is 0 Å². The highest BCUT2D eigenvalue weighted by atomic mass is 16.5. The summed E-state index contributed by atoms with van der Waals surface area (Å²) in [6.45, 7) is 6.29. The second-order valence-corrected chi connectivity index (χ2v) is 18.0. The van der Waals surface area contributed by atoms with Gasteiger partial charge in [-0.15, -0.1) is 0 Å². The molecule has 368 valence electrons. The number of carbonyl (C=O) groups excluding carboxylic acids is 2. The Labute approximate surface area is 395 Å². The van der Waals surface area contributed by atoms with Crippen molar-refractivity contribution < 1.29 is 24.5 Å². The summed E-state index contributed by atoms with van der Waals surface area (Å²) in [5.41, 5.74) is 0. The van der Waals surface area contributed by atoms with Crippen LogP contribution in [0.4, 0.5) is 0 Å². The molecule has 0 aliphatic heterocycles. The van der Waals surface area contributed by atoms with Gasteiger partial charge in [-0.2, -0.15) is 0 Å². The number of ether oxygens (including phenoxy) is 1. The number of amides is 1. The molecule has 0 saturated carbocycles. The summed E-state index contributed by atoms with van der Waals surface area (Å²) in [5, 5.41) is 23.8. The minimum Gasteiger partial charge on any atom is -0.462 e. The highest BCUT2D eigenvalue weighted by Gasteiger charge is 2.24. The number of unbranched alkanes of at least 4 members (excludes halogenated alkanes) is 26. The van der Waals surface area contributed by atoms with E-state index in [0.717, 1.165) is 64.2 Å². The van der Waals surface area contributed by atoms with Gasteiger partial charge in [-0.25, -0.2) is 0 Å². The molecule has 3 unspecified atom stereocenters. The Hall–Kier alpha value is -2.96. The van der Waals surface area contributed by atoms with Crippen LogP contribution in [0.1, 0.15) is 245 Å². The number of carbonyl (C=O) groups is 2. The van der Waals surface area contributed by atoms with Gasteiger partial charge in [-0.3, -0.25) is 9.59 Å². The number of aliphatic hydroxyl groups is 2. The standard InChI is InChI=1S/C58H101NO5/c1-4-7-10-13-16-19-22-25-27-28-30-32-35-38-41-44-47-50-56(61)55(53-60)59-57(62)52-54(49-46-43-40-37-34-31-24-21-18-15-12-9-6-3)64-58(63)51-48-45-42-39-36-33-29-26-23-20-17-14-11-8-5-2/h9,12,15,17-18,20-21,23-24,26,31,34,37,40,54-56,60-61H,4-8,10-11,13-14,16,19,22,25,27-30,32-33,35-36,38-39,41-53H2,1-3H3,(H,59,62)/b12-9+,18-15+,20-17+,24-21-,26-23+,34-31-,40-37+. The molecule has 0 heterocycles. The van der Waals surface area contributed by atoms with Gasteiger partial charge < -0.3 is 20.3 Å². The summed E-state index contributed by atoms with van der Waals surface area (Å²) in [5.74, 6) is -0.562. The first-order valence-electron chi connectivity index (χ1n) is 26.9. The zero-order valence-electron chi connectivity index (χ0n) is 41.9. The Bertz CT molecular complexity index is 1230. The second kappa shape index (κ2) is 51.0. The summed E-state index contributed by atoms with van der Waals surface area (Å²) in [6.07, 6.45) is 66.5. The molecular formula is C58H101NO5. The minimum atomic E-state index is -0.813.